The molecule has 0 fully saturated rings. The maximum atomic E-state index is 11.1. The van der Waals surface area contributed by atoms with Gasteiger partial charge in [-0.1, -0.05) is 38.1 Å². The van der Waals surface area contributed by atoms with Gasteiger partial charge in [0.25, 0.3) is 0 Å². The summed E-state index contributed by atoms with van der Waals surface area (Å²) in [7, 11) is 0. The van der Waals surface area contributed by atoms with Crippen LogP contribution in [0.25, 0.3) is 0 Å². The van der Waals surface area contributed by atoms with Gasteiger partial charge in [-0.25, -0.2) is 0 Å². The average Bonchev–Trinajstić information content (AvgIpc) is 2.28. The molecule has 0 spiro atoms. The van der Waals surface area contributed by atoms with Crippen molar-refractivity contribution in [3.8, 4) is 0 Å². The number of carbonyl (C=O) groups is 1. The molecule has 0 aliphatic heterocycles. The first-order valence-corrected chi connectivity index (χ1v) is 6.13. The van der Waals surface area contributed by atoms with E-state index in [1.54, 1.807) is 13.8 Å². The first-order valence-electron chi connectivity index (χ1n) is 6.13. The Labute approximate surface area is 108 Å². The summed E-state index contributed by atoms with van der Waals surface area (Å²) in [6.45, 7) is 7.44. The molecule has 0 bridgehead atoms. The van der Waals surface area contributed by atoms with E-state index in [0.29, 0.717) is 6.42 Å². The van der Waals surface area contributed by atoms with Gasteiger partial charge in [0.1, 0.15) is 0 Å². The number of rotatable bonds is 5. The monoisotopic (exact) mass is 250 g/mol. The largest absolute Gasteiger partial charge is 0.481 e. The second-order valence-electron chi connectivity index (χ2n) is 6.11. The molecule has 0 amide bonds. The summed E-state index contributed by atoms with van der Waals surface area (Å²) in [5, 5.41) is 18.5. The third-order valence-corrected chi connectivity index (χ3v) is 3.33. The molecule has 100 valence electrons. The molecular formula is C15H22O3. The van der Waals surface area contributed by atoms with Crippen LogP contribution < -0.4 is 0 Å². The van der Waals surface area contributed by atoms with E-state index < -0.39 is 11.4 Å². The SMILES string of the molecule is CC(C)(Cc1cccc(C(C)(C)CO)c1)C(=O)O. The Morgan fingerprint density at radius 3 is 2.33 bits per heavy atom. The molecule has 0 aliphatic rings. The fraction of sp³-hybridized carbons (Fsp3) is 0.533. The quantitative estimate of drug-likeness (QED) is 0.844. The lowest BCUT2D eigenvalue weighted by atomic mass is 9.81. The summed E-state index contributed by atoms with van der Waals surface area (Å²) in [5.41, 5.74) is 0.941. The lowest BCUT2D eigenvalue weighted by Crippen LogP contribution is -2.27. The Morgan fingerprint density at radius 2 is 1.83 bits per heavy atom. The van der Waals surface area contributed by atoms with Crippen LogP contribution in [0.5, 0.6) is 0 Å². The highest BCUT2D eigenvalue weighted by Gasteiger charge is 2.28. The van der Waals surface area contributed by atoms with Crippen LogP contribution in [-0.2, 0) is 16.6 Å². The predicted octanol–water partition coefficient (Wildman–Crippen LogP) is 2.61. The number of aliphatic hydroxyl groups excluding tert-OH is 1. The third-order valence-electron chi connectivity index (χ3n) is 3.33. The van der Waals surface area contributed by atoms with E-state index in [-0.39, 0.29) is 12.0 Å². The van der Waals surface area contributed by atoms with Crippen molar-refractivity contribution in [3.63, 3.8) is 0 Å². The van der Waals surface area contributed by atoms with Crippen LogP contribution in [0.15, 0.2) is 24.3 Å². The Morgan fingerprint density at radius 1 is 1.22 bits per heavy atom. The molecule has 0 aromatic heterocycles. The molecular weight excluding hydrogens is 228 g/mol. The van der Waals surface area contributed by atoms with Gasteiger partial charge in [0, 0.05) is 5.41 Å². The molecule has 18 heavy (non-hydrogen) atoms. The van der Waals surface area contributed by atoms with Crippen molar-refractivity contribution in [2.75, 3.05) is 6.61 Å². The van der Waals surface area contributed by atoms with Crippen LogP contribution in [0, 0.1) is 5.41 Å². The minimum Gasteiger partial charge on any atom is -0.481 e. The zero-order valence-electron chi connectivity index (χ0n) is 11.5. The molecule has 1 aromatic carbocycles. The second-order valence-corrected chi connectivity index (χ2v) is 6.11. The van der Waals surface area contributed by atoms with E-state index in [1.807, 2.05) is 38.1 Å². The highest BCUT2D eigenvalue weighted by Crippen LogP contribution is 2.27. The molecule has 3 heteroatoms. The molecule has 0 heterocycles. The molecule has 2 N–H and O–H groups in total. The first kappa shape index (κ1) is 14.7. The van der Waals surface area contributed by atoms with Crippen molar-refractivity contribution < 1.29 is 15.0 Å². The zero-order valence-corrected chi connectivity index (χ0v) is 11.5. The van der Waals surface area contributed by atoms with Crippen LogP contribution in [0.4, 0.5) is 0 Å². The number of aliphatic hydroxyl groups is 1. The fourth-order valence-electron chi connectivity index (χ4n) is 1.78. The van der Waals surface area contributed by atoms with Crippen LogP contribution in [-0.4, -0.2) is 22.8 Å². The van der Waals surface area contributed by atoms with Gasteiger partial charge in [0.05, 0.1) is 12.0 Å². The summed E-state index contributed by atoms with van der Waals surface area (Å²) in [4.78, 5) is 11.1. The normalized spacial score (nSPS) is 12.5. The molecule has 3 nitrogen and oxygen atoms in total. The van der Waals surface area contributed by atoms with Gasteiger partial charge in [-0.05, 0) is 31.4 Å². The van der Waals surface area contributed by atoms with Crippen LogP contribution in [0.3, 0.4) is 0 Å². The summed E-state index contributed by atoms with van der Waals surface area (Å²) in [6.07, 6.45) is 0.484. The average molecular weight is 250 g/mol. The maximum absolute atomic E-state index is 11.1. The van der Waals surface area contributed by atoms with E-state index in [1.165, 1.54) is 0 Å². The van der Waals surface area contributed by atoms with Gasteiger partial charge in [0.2, 0.25) is 0 Å². The first-order chi connectivity index (χ1) is 8.19. The number of aliphatic carboxylic acids is 1. The van der Waals surface area contributed by atoms with E-state index in [4.69, 9.17) is 5.11 Å². The van der Waals surface area contributed by atoms with Crippen molar-refractivity contribution in [1.82, 2.24) is 0 Å². The van der Waals surface area contributed by atoms with Gasteiger partial charge >= 0.3 is 5.97 Å². The van der Waals surface area contributed by atoms with E-state index in [9.17, 15) is 9.90 Å². The van der Waals surface area contributed by atoms with Gasteiger partial charge in [-0.3, -0.25) is 4.79 Å². The van der Waals surface area contributed by atoms with Crippen LogP contribution in [0.2, 0.25) is 0 Å². The van der Waals surface area contributed by atoms with Crippen molar-refractivity contribution in [2.45, 2.75) is 39.5 Å². The Bertz CT molecular complexity index is 433. The molecule has 0 unspecified atom stereocenters. The topological polar surface area (TPSA) is 57.5 Å². The Balaban J connectivity index is 3.00. The summed E-state index contributed by atoms with van der Waals surface area (Å²) in [5.74, 6) is -0.797. The van der Waals surface area contributed by atoms with E-state index in [0.717, 1.165) is 11.1 Å². The third kappa shape index (κ3) is 3.33. The van der Waals surface area contributed by atoms with Gasteiger partial charge in [-0.15, -0.1) is 0 Å². The second kappa shape index (κ2) is 5.11. The molecule has 1 aromatic rings. The number of carboxylic acid groups (broad SMARTS) is 1. The zero-order chi connectivity index (χ0) is 14.0. The Hall–Kier alpha value is -1.35. The minimum absolute atomic E-state index is 0.0682. The van der Waals surface area contributed by atoms with Crippen molar-refractivity contribution in [1.29, 1.82) is 0 Å². The fourth-order valence-corrected chi connectivity index (χ4v) is 1.78. The van der Waals surface area contributed by atoms with Crippen molar-refractivity contribution >= 4 is 5.97 Å². The number of carboxylic acids is 1. The van der Waals surface area contributed by atoms with E-state index in [2.05, 4.69) is 0 Å². The number of benzene rings is 1. The van der Waals surface area contributed by atoms with E-state index >= 15 is 0 Å². The lowest BCUT2D eigenvalue weighted by Gasteiger charge is -2.24. The highest BCUT2D eigenvalue weighted by molar-refractivity contribution is 5.74. The molecule has 1 rings (SSSR count). The summed E-state index contributed by atoms with van der Waals surface area (Å²) < 4.78 is 0. The molecule has 0 radical (unpaired) electrons. The van der Waals surface area contributed by atoms with Gasteiger partial charge in [-0.2, -0.15) is 0 Å². The maximum Gasteiger partial charge on any atom is 0.309 e. The molecule has 0 saturated carbocycles. The lowest BCUT2D eigenvalue weighted by molar-refractivity contribution is -0.146. The van der Waals surface area contributed by atoms with Crippen LogP contribution in [0.1, 0.15) is 38.8 Å². The smallest absolute Gasteiger partial charge is 0.309 e. The highest BCUT2D eigenvalue weighted by atomic mass is 16.4. The van der Waals surface area contributed by atoms with Crippen molar-refractivity contribution in [2.24, 2.45) is 5.41 Å². The van der Waals surface area contributed by atoms with Crippen molar-refractivity contribution in [3.05, 3.63) is 35.4 Å². The molecule has 0 aliphatic carbocycles. The molecule has 0 saturated heterocycles. The van der Waals surface area contributed by atoms with Gasteiger partial charge in [0.15, 0.2) is 0 Å². The Kier molecular flexibility index (Phi) is 4.17. The van der Waals surface area contributed by atoms with Gasteiger partial charge < -0.3 is 10.2 Å². The summed E-state index contributed by atoms with van der Waals surface area (Å²) >= 11 is 0. The summed E-state index contributed by atoms with van der Waals surface area (Å²) in [6, 6.07) is 7.80. The molecule has 0 atom stereocenters. The number of hydrogen-bond donors (Lipinski definition) is 2. The minimum atomic E-state index is -0.797. The standard InChI is InChI=1S/C15H22O3/c1-14(2,13(17)18)9-11-6-5-7-12(8-11)15(3,4)10-16/h5-8,16H,9-10H2,1-4H3,(H,17,18). The predicted molar refractivity (Wildman–Crippen MR) is 71.7 cm³/mol. The number of hydrogen-bond acceptors (Lipinski definition) is 2. The van der Waals surface area contributed by atoms with Crippen LogP contribution >= 0.6 is 0 Å².